The standard InChI is InChI=1S/C27H26FN7O3/c1-17(36)23-14-34(24-3-2-20(9-22(23)24)33-21-11-30-16-31-12-21)15-26(37)35-13-19(28)8-25(35)27(38)32-10-18-4-6-29-7-5-18/h2-7,9,11-12,14,16,19,25,33H,8,10,13,15H2,1H3,(H,32,38)/t19-,25+/m1/s1. The average Bonchev–Trinajstić information content (AvgIpc) is 3.49. The minimum Gasteiger partial charge on any atom is -0.353 e. The van der Waals surface area contributed by atoms with Crippen molar-refractivity contribution in [3.63, 3.8) is 0 Å². The van der Waals surface area contributed by atoms with Gasteiger partial charge in [0.1, 0.15) is 25.1 Å². The quantitative estimate of drug-likeness (QED) is 0.346. The third kappa shape index (κ3) is 5.36. The van der Waals surface area contributed by atoms with Crippen molar-refractivity contribution in [2.24, 2.45) is 0 Å². The van der Waals surface area contributed by atoms with Crippen LogP contribution < -0.4 is 10.6 Å². The smallest absolute Gasteiger partial charge is 0.243 e. The molecule has 10 nitrogen and oxygen atoms in total. The summed E-state index contributed by atoms with van der Waals surface area (Å²) in [7, 11) is 0. The lowest BCUT2D eigenvalue weighted by Crippen LogP contribution is -2.46. The molecule has 0 radical (unpaired) electrons. The van der Waals surface area contributed by atoms with Gasteiger partial charge in [0.2, 0.25) is 11.8 Å². The van der Waals surface area contributed by atoms with Crippen LogP contribution in [0.5, 0.6) is 0 Å². The molecule has 0 aliphatic carbocycles. The van der Waals surface area contributed by atoms with Gasteiger partial charge in [-0.15, -0.1) is 0 Å². The molecule has 3 aromatic heterocycles. The number of carbonyl (C=O) groups is 3. The molecule has 1 aromatic carbocycles. The minimum atomic E-state index is -1.29. The average molecular weight is 516 g/mol. The van der Waals surface area contributed by atoms with Crippen LogP contribution in [0.15, 0.2) is 67.6 Å². The zero-order valence-electron chi connectivity index (χ0n) is 20.7. The Kier molecular flexibility index (Phi) is 7.07. The predicted octanol–water partition coefficient (Wildman–Crippen LogP) is 3.03. The Labute approximate surface area is 217 Å². The van der Waals surface area contributed by atoms with Crippen molar-refractivity contribution in [3.05, 3.63) is 78.8 Å². The van der Waals surface area contributed by atoms with E-state index in [1.54, 1.807) is 47.7 Å². The molecule has 2 amide bonds. The lowest BCUT2D eigenvalue weighted by Gasteiger charge is -2.24. The van der Waals surface area contributed by atoms with E-state index in [2.05, 4.69) is 25.6 Å². The van der Waals surface area contributed by atoms with Crippen LogP contribution in [-0.2, 0) is 22.7 Å². The Balaban J connectivity index is 1.34. The molecule has 1 aliphatic rings. The van der Waals surface area contributed by atoms with Crippen LogP contribution in [0.1, 0.15) is 29.3 Å². The number of anilines is 2. The molecule has 0 saturated carbocycles. The maximum Gasteiger partial charge on any atom is 0.243 e. The van der Waals surface area contributed by atoms with Gasteiger partial charge < -0.3 is 20.1 Å². The highest BCUT2D eigenvalue weighted by molar-refractivity contribution is 6.08. The third-order valence-corrected chi connectivity index (χ3v) is 6.50. The minimum absolute atomic E-state index is 0.0583. The molecular formula is C27H26FN7O3. The molecule has 1 saturated heterocycles. The Hall–Kier alpha value is -4.67. The van der Waals surface area contributed by atoms with E-state index in [1.807, 2.05) is 18.2 Å². The van der Waals surface area contributed by atoms with Gasteiger partial charge >= 0.3 is 0 Å². The summed E-state index contributed by atoms with van der Waals surface area (Å²) < 4.78 is 16.1. The van der Waals surface area contributed by atoms with Gasteiger partial charge in [-0.2, -0.15) is 0 Å². The SMILES string of the molecule is CC(=O)c1cn(CC(=O)N2C[C@H](F)C[C@H]2C(=O)NCc2ccncc2)c2ccc(Nc3cncnc3)cc12. The fourth-order valence-corrected chi connectivity index (χ4v) is 4.67. The number of hydrogen-bond acceptors (Lipinski definition) is 7. The van der Waals surface area contributed by atoms with Crippen molar-refractivity contribution in [3.8, 4) is 0 Å². The first kappa shape index (κ1) is 25.0. The Morgan fingerprint density at radius 2 is 1.82 bits per heavy atom. The summed E-state index contributed by atoms with van der Waals surface area (Å²) in [5.41, 5.74) is 3.40. The second kappa shape index (κ2) is 10.8. The fourth-order valence-electron chi connectivity index (χ4n) is 4.67. The van der Waals surface area contributed by atoms with Gasteiger partial charge in [0.25, 0.3) is 0 Å². The van der Waals surface area contributed by atoms with E-state index in [9.17, 15) is 18.8 Å². The Morgan fingerprint density at radius 3 is 2.55 bits per heavy atom. The van der Waals surface area contributed by atoms with Crippen LogP contribution in [0.4, 0.5) is 15.8 Å². The second-order valence-electron chi connectivity index (χ2n) is 9.18. The summed E-state index contributed by atoms with van der Waals surface area (Å²) in [6.45, 7) is 1.43. The van der Waals surface area contributed by atoms with Crippen molar-refractivity contribution in [2.75, 3.05) is 11.9 Å². The summed E-state index contributed by atoms with van der Waals surface area (Å²) in [5.74, 6) is -0.956. The summed E-state index contributed by atoms with van der Waals surface area (Å²) in [6.07, 6.45) is 8.21. The number of fused-ring (bicyclic) bond motifs is 1. The van der Waals surface area contributed by atoms with Gasteiger partial charge in [0, 0.05) is 53.7 Å². The highest BCUT2D eigenvalue weighted by Gasteiger charge is 2.39. The van der Waals surface area contributed by atoms with E-state index in [-0.39, 0.29) is 31.8 Å². The number of halogens is 1. The molecule has 4 heterocycles. The number of carbonyl (C=O) groups excluding carboxylic acids is 3. The van der Waals surface area contributed by atoms with Gasteiger partial charge in [-0.1, -0.05) is 0 Å². The number of pyridine rings is 1. The number of nitrogens with zero attached hydrogens (tertiary/aromatic N) is 5. The monoisotopic (exact) mass is 515 g/mol. The largest absolute Gasteiger partial charge is 0.353 e. The van der Waals surface area contributed by atoms with E-state index in [4.69, 9.17) is 0 Å². The number of ketones is 1. The Morgan fingerprint density at radius 1 is 1.05 bits per heavy atom. The lowest BCUT2D eigenvalue weighted by molar-refractivity contribution is -0.139. The van der Waals surface area contributed by atoms with Gasteiger partial charge in [0.15, 0.2) is 5.78 Å². The molecule has 194 valence electrons. The van der Waals surface area contributed by atoms with E-state index in [0.717, 1.165) is 11.3 Å². The topological polar surface area (TPSA) is 122 Å². The van der Waals surface area contributed by atoms with Crippen molar-refractivity contribution in [2.45, 2.75) is 38.6 Å². The van der Waals surface area contributed by atoms with E-state index >= 15 is 0 Å². The summed E-state index contributed by atoms with van der Waals surface area (Å²) in [5, 5.41) is 6.65. The molecule has 0 unspecified atom stereocenters. The number of benzene rings is 1. The van der Waals surface area contributed by atoms with Gasteiger partial charge in [0.05, 0.1) is 24.6 Å². The van der Waals surface area contributed by atoms with Crippen LogP contribution in [0.3, 0.4) is 0 Å². The molecule has 11 heteroatoms. The van der Waals surface area contributed by atoms with Gasteiger partial charge in [-0.25, -0.2) is 14.4 Å². The normalized spacial score (nSPS) is 16.9. The van der Waals surface area contributed by atoms with Crippen LogP contribution >= 0.6 is 0 Å². The molecule has 38 heavy (non-hydrogen) atoms. The molecule has 5 rings (SSSR count). The van der Waals surface area contributed by atoms with Crippen molar-refractivity contribution in [1.29, 1.82) is 0 Å². The first-order valence-electron chi connectivity index (χ1n) is 12.1. The maximum absolute atomic E-state index is 14.4. The van der Waals surface area contributed by atoms with E-state index < -0.39 is 24.0 Å². The highest BCUT2D eigenvalue weighted by Crippen LogP contribution is 2.28. The zero-order chi connectivity index (χ0) is 26.6. The maximum atomic E-state index is 14.4. The van der Waals surface area contributed by atoms with Gasteiger partial charge in [-0.05, 0) is 42.8 Å². The number of nitrogens with one attached hydrogen (secondary N) is 2. The molecule has 2 N–H and O–H groups in total. The Bertz CT molecular complexity index is 1480. The molecular weight excluding hydrogens is 489 g/mol. The number of Topliss-reactive ketones (excluding diaryl/α,β-unsaturated/α-hetero) is 1. The number of rotatable bonds is 8. The second-order valence-corrected chi connectivity index (χ2v) is 9.18. The molecule has 1 aliphatic heterocycles. The lowest BCUT2D eigenvalue weighted by atomic mass is 10.1. The fraction of sp³-hybridized carbons (Fsp3) is 0.259. The molecule has 4 aromatic rings. The van der Waals surface area contributed by atoms with Crippen molar-refractivity contribution < 1.29 is 18.8 Å². The third-order valence-electron chi connectivity index (χ3n) is 6.50. The zero-order valence-corrected chi connectivity index (χ0v) is 20.7. The molecule has 2 atom stereocenters. The number of amides is 2. The summed E-state index contributed by atoms with van der Waals surface area (Å²) >= 11 is 0. The molecule has 0 spiro atoms. The van der Waals surface area contributed by atoms with Gasteiger partial charge in [-0.3, -0.25) is 19.4 Å². The van der Waals surface area contributed by atoms with Crippen molar-refractivity contribution >= 4 is 39.9 Å². The highest BCUT2D eigenvalue weighted by atomic mass is 19.1. The van der Waals surface area contributed by atoms with Crippen LogP contribution in [0.25, 0.3) is 10.9 Å². The molecule has 1 fully saturated rings. The van der Waals surface area contributed by atoms with Crippen LogP contribution in [-0.4, -0.2) is 60.8 Å². The van der Waals surface area contributed by atoms with Crippen LogP contribution in [0, 0.1) is 0 Å². The first-order valence-corrected chi connectivity index (χ1v) is 12.1. The van der Waals surface area contributed by atoms with E-state index in [0.29, 0.717) is 22.2 Å². The molecule has 0 bridgehead atoms. The summed E-state index contributed by atoms with van der Waals surface area (Å²) in [4.78, 5) is 51.8. The van der Waals surface area contributed by atoms with E-state index in [1.165, 1.54) is 18.2 Å². The number of aromatic nitrogens is 4. The number of alkyl halides is 1. The first-order chi connectivity index (χ1) is 18.4. The number of hydrogen-bond donors (Lipinski definition) is 2. The summed E-state index contributed by atoms with van der Waals surface area (Å²) in [6, 6.07) is 8.09. The predicted molar refractivity (Wildman–Crippen MR) is 138 cm³/mol. The van der Waals surface area contributed by atoms with Crippen molar-refractivity contribution in [1.82, 2.24) is 29.7 Å². The number of likely N-dealkylation sites (tertiary alicyclic amines) is 1. The van der Waals surface area contributed by atoms with Crippen LogP contribution in [0.2, 0.25) is 0 Å².